The predicted molar refractivity (Wildman–Crippen MR) is 83.5 cm³/mol. The van der Waals surface area contributed by atoms with Crippen LogP contribution in [-0.2, 0) is 9.53 Å². The first-order valence-electron chi connectivity index (χ1n) is 8.50. The standard InChI is InChI=1S/C15H28N4O4/c16-9-6-11(17)15(13(21)12(9)20)4-3-8(23-15)7-19-14(22)10-2-1-5-18-10/h8-13,18,20-21H,1-7,16-17H2,(H,19,22)/t8-,9+,10-,11-,12-,13+,15-/m0/s1. The van der Waals surface area contributed by atoms with Gasteiger partial charge < -0.3 is 37.1 Å². The van der Waals surface area contributed by atoms with Crippen LogP contribution in [0.2, 0.25) is 0 Å². The van der Waals surface area contributed by atoms with Crippen molar-refractivity contribution in [3.63, 3.8) is 0 Å². The third kappa shape index (κ3) is 3.11. The SMILES string of the molecule is N[C@@H]1C[C@H](N)[C@@]2(CC[C@@H](CNC(=O)[C@@H]3CCCN3)O2)[C@H](O)[C@H]1O. The van der Waals surface area contributed by atoms with Crippen LogP contribution in [0.25, 0.3) is 0 Å². The lowest BCUT2D eigenvalue weighted by Crippen LogP contribution is -2.68. The van der Waals surface area contributed by atoms with Crippen LogP contribution in [0, 0.1) is 0 Å². The summed E-state index contributed by atoms with van der Waals surface area (Å²) in [4.78, 5) is 12.0. The van der Waals surface area contributed by atoms with Gasteiger partial charge in [-0.2, -0.15) is 0 Å². The number of aliphatic hydroxyl groups excluding tert-OH is 2. The van der Waals surface area contributed by atoms with Crippen LogP contribution >= 0.6 is 0 Å². The molecule has 2 saturated heterocycles. The zero-order chi connectivity index (χ0) is 16.6. The number of nitrogens with two attached hydrogens (primary N) is 2. The third-order valence-electron chi connectivity index (χ3n) is 5.54. The second-order valence-electron chi connectivity index (χ2n) is 7.07. The van der Waals surface area contributed by atoms with Gasteiger partial charge in [-0.3, -0.25) is 4.79 Å². The zero-order valence-electron chi connectivity index (χ0n) is 13.3. The first kappa shape index (κ1) is 17.1. The molecule has 1 amide bonds. The maximum atomic E-state index is 12.0. The quantitative estimate of drug-likeness (QED) is 0.338. The van der Waals surface area contributed by atoms with Gasteiger partial charge in [0.15, 0.2) is 0 Å². The van der Waals surface area contributed by atoms with Crippen LogP contribution in [-0.4, -0.2) is 71.2 Å². The molecule has 0 radical (unpaired) electrons. The normalized spacial score (nSPS) is 47.1. The molecule has 3 fully saturated rings. The van der Waals surface area contributed by atoms with Gasteiger partial charge in [-0.15, -0.1) is 0 Å². The molecule has 2 aliphatic heterocycles. The maximum Gasteiger partial charge on any atom is 0.237 e. The van der Waals surface area contributed by atoms with Crippen molar-refractivity contribution in [2.24, 2.45) is 11.5 Å². The Balaban J connectivity index is 1.56. The molecule has 8 nitrogen and oxygen atoms in total. The third-order valence-corrected chi connectivity index (χ3v) is 5.54. The first-order valence-corrected chi connectivity index (χ1v) is 8.50. The van der Waals surface area contributed by atoms with E-state index in [-0.39, 0.29) is 18.1 Å². The number of carbonyl (C=O) groups is 1. The number of hydrogen-bond donors (Lipinski definition) is 6. The van der Waals surface area contributed by atoms with Crippen LogP contribution in [0.3, 0.4) is 0 Å². The van der Waals surface area contributed by atoms with E-state index in [1.807, 2.05) is 0 Å². The Bertz CT molecular complexity index is 445. The zero-order valence-corrected chi connectivity index (χ0v) is 13.3. The van der Waals surface area contributed by atoms with Gasteiger partial charge >= 0.3 is 0 Å². The minimum absolute atomic E-state index is 0.0115. The van der Waals surface area contributed by atoms with Crippen LogP contribution in [0.5, 0.6) is 0 Å². The van der Waals surface area contributed by atoms with Gasteiger partial charge in [0, 0.05) is 18.6 Å². The highest BCUT2D eigenvalue weighted by Crippen LogP contribution is 2.41. The molecule has 2 heterocycles. The minimum atomic E-state index is -1.10. The Morgan fingerprint density at radius 2 is 2.13 bits per heavy atom. The molecule has 1 saturated carbocycles. The lowest BCUT2D eigenvalue weighted by Gasteiger charge is -2.47. The summed E-state index contributed by atoms with van der Waals surface area (Å²) in [6.07, 6.45) is 1.18. The number of rotatable bonds is 3. The molecule has 3 aliphatic rings. The fraction of sp³-hybridized carbons (Fsp3) is 0.933. The van der Waals surface area contributed by atoms with E-state index in [1.54, 1.807) is 0 Å². The average molecular weight is 328 g/mol. The number of hydrogen-bond acceptors (Lipinski definition) is 7. The Morgan fingerprint density at radius 3 is 2.83 bits per heavy atom. The van der Waals surface area contributed by atoms with Gasteiger partial charge in [0.1, 0.15) is 11.7 Å². The molecule has 0 unspecified atom stereocenters. The number of nitrogens with one attached hydrogen (secondary N) is 2. The molecule has 23 heavy (non-hydrogen) atoms. The Kier molecular flexibility index (Phi) is 4.91. The fourth-order valence-corrected chi connectivity index (χ4v) is 4.07. The summed E-state index contributed by atoms with van der Waals surface area (Å²) in [5, 5.41) is 26.5. The van der Waals surface area contributed by atoms with Crippen molar-refractivity contribution >= 4 is 5.91 Å². The topological polar surface area (TPSA) is 143 Å². The van der Waals surface area contributed by atoms with E-state index < -0.39 is 29.9 Å². The van der Waals surface area contributed by atoms with E-state index in [9.17, 15) is 15.0 Å². The summed E-state index contributed by atoms with van der Waals surface area (Å²) in [5.74, 6) is -0.0115. The second-order valence-corrected chi connectivity index (χ2v) is 7.07. The van der Waals surface area contributed by atoms with Crippen LogP contribution in [0.4, 0.5) is 0 Å². The summed E-state index contributed by atoms with van der Waals surface area (Å²) >= 11 is 0. The molecule has 0 aromatic heterocycles. The van der Waals surface area contributed by atoms with Crippen molar-refractivity contribution in [3.8, 4) is 0 Å². The van der Waals surface area contributed by atoms with Crippen molar-refractivity contribution in [1.29, 1.82) is 0 Å². The molecule has 3 rings (SSSR count). The minimum Gasteiger partial charge on any atom is -0.389 e. The second kappa shape index (κ2) is 6.62. The molecule has 0 bridgehead atoms. The number of carbonyl (C=O) groups excluding carboxylic acids is 1. The van der Waals surface area contributed by atoms with Gasteiger partial charge in [0.05, 0.1) is 18.2 Å². The molecule has 132 valence electrons. The smallest absolute Gasteiger partial charge is 0.237 e. The summed E-state index contributed by atoms with van der Waals surface area (Å²) in [7, 11) is 0. The molecule has 1 aliphatic carbocycles. The van der Waals surface area contributed by atoms with Crippen molar-refractivity contribution in [1.82, 2.24) is 10.6 Å². The lowest BCUT2D eigenvalue weighted by molar-refractivity contribution is -0.185. The molecular weight excluding hydrogens is 300 g/mol. The molecule has 0 aromatic carbocycles. The van der Waals surface area contributed by atoms with E-state index in [1.165, 1.54) is 0 Å². The van der Waals surface area contributed by atoms with Crippen LogP contribution < -0.4 is 22.1 Å². The van der Waals surface area contributed by atoms with Crippen molar-refractivity contribution in [2.75, 3.05) is 13.1 Å². The largest absolute Gasteiger partial charge is 0.389 e. The van der Waals surface area contributed by atoms with Gasteiger partial charge in [-0.25, -0.2) is 0 Å². The Morgan fingerprint density at radius 1 is 1.35 bits per heavy atom. The monoisotopic (exact) mass is 328 g/mol. The highest BCUT2D eigenvalue weighted by atomic mass is 16.5. The van der Waals surface area contributed by atoms with Gasteiger partial charge in [-0.1, -0.05) is 0 Å². The van der Waals surface area contributed by atoms with Crippen molar-refractivity contribution in [2.45, 2.75) is 74.1 Å². The number of aliphatic hydroxyl groups is 2. The van der Waals surface area contributed by atoms with Gasteiger partial charge in [0.25, 0.3) is 0 Å². The summed E-state index contributed by atoms with van der Waals surface area (Å²) in [6.45, 7) is 1.26. The Hall–Kier alpha value is -0.770. The predicted octanol–water partition coefficient (Wildman–Crippen LogP) is -2.45. The molecule has 8 N–H and O–H groups in total. The van der Waals surface area contributed by atoms with E-state index in [2.05, 4.69) is 10.6 Å². The van der Waals surface area contributed by atoms with Crippen molar-refractivity contribution < 1.29 is 19.7 Å². The van der Waals surface area contributed by atoms with E-state index in [0.29, 0.717) is 25.8 Å². The summed E-state index contributed by atoms with van der Waals surface area (Å²) in [6, 6.07) is -1.08. The molecular formula is C15H28N4O4. The fourth-order valence-electron chi connectivity index (χ4n) is 4.07. The Labute approximate surface area is 135 Å². The molecule has 7 atom stereocenters. The first-order chi connectivity index (χ1) is 10.9. The number of amides is 1. The number of ether oxygens (including phenoxy) is 1. The maximum absolute atomic E-state index is 12.0. The van der Waals surface area contributed by atoms with E-state index in [4.69, 9.17) is 16.2 Å². The van der Waals surface area contributed by atoms with Gasteiger partial charge in [0.2, 0.25) is 5.91 Å². The lowest BCUT2D eigenvalue weighted by atomic mass is 9.73. The molecule has 8 heteroatoms. The summed E-state index contributed by atoms with van der Waals surface area (Å²) in [5.41, 5.74) is 11.0. The van der Waals surface area contributed by atoms with Crippen LogP contribution in [0.15, 0.2) is 0 Å². The highest BCUT2D eigenvalue weighted by Gasteiger charge is 2.56. The molecule has 0 aromatic rings. The molecule has 1 spiro atoms. The van der Waals surface area contributed by atoms with E-state index in [0.717, 1.165) is 19.4 Å². The van der Waals surface area contributed by atoms with Gasteiger partial charge in [-0.05, 0) is 38.6 Å². The van der Waals surface area contributed by atoms with E-state index >= 15 is 0 Å². The average Bonchev–Trinajstić information content (AvgIpc) is 3.19. The highest BCUT2D eigenvalue weighted by molar-refractivity contribution is 5.82. The summed E-state index contributed by atoms with van der Waals surface area (Å²) < 4.78 is 6.02. The van der Waals surface area contributed by atoms with Crippen molar-refractivity contribution in [3.05, 3.63) is 0 Å². The van der Waals surface area contributed by atoms with Crippen LogP contribution in [0.1, 0.15) is 32.1 Å².